The number of unbranched alkanes of at least 4 members (excludes halogenated alkanes) is 3. The molecule has 2 rings (SSSR count). The number of hydrogen-bond acceptors (Lipinski definition) is 7. The number of aliphatic hydroxyl groups is 2. The molecule has 0 aromatic heterocycles. The maximum absolute atomic E-state index is 13.6. The molecule has 1 saturated heterocycles. The molecule has 0 bridgehead atoms. The Bertz CT molecular complexity index is 800. The molecule has 0 spiro atoms. The van der Waals surface area contributed by atoms with Crippen molar-refractivity contribution in [2.24, 2.45) is 11.8 Å². The van der Waals surface area contributed by atoms with Gasteiger partial charge in [0, 0.05) is 18.6 Å². The Hall–Kier alpha value is -1.91. The van der Waals surface area contributed by atoms with E-state index >= 15 is 0 Å². The van der Waals surface area contributed by atoms with Crippen molar-refractivity contribution in [3.8, 4) is 0 Å². The van der Waals surface area contributed by atoms with E-state index in [1.165, 1.54) is 13.8 Å². The quantitative estimate of drug-likeness (QED) is 0.202. The Morgan fingerprint density at radius 2 is 2.00 bits per heavy atom. The SMILES string of the molecule is CCCCCCC1C(=O)NC(C(=O)SCC(NC(C)=O)C(=O)O)(C(O)C2C=CCCC2)C1(C)O. The monoisotopic (exact) mass is 498 g/mol. The number of amides is 2. The van der Waals surface area contributed by atoms with Crippen LogP contribution in [0.1, 0.15) is 72.1 Å². The molecule has 2 aliphatic rings. The number of nitrogens with one attached hydrogen (secondary N) is 2. The third-order valence-electron chi connectivity index (χ3n) is 6.98. The number of aliphatic hydroxyl groups excluding tert-OH is 1. The van der Waals surface area contributed by atoms with E-state index in [1.54, 1.807) is 0 Å². The number of rotatable bonds is 12. The number of carbonyl (C=O) groups is 4. The lowest BCUT2D eigenvalue weighted by Gasteiger charge is -2.45. The summed E-state index contributed by atoms with van der Waals surface area (Å²) in [5.74, 6) is -4.01. The number of thioether (sulfide) groups is 1. The van der Waals surface area contributed by atoms with Gasteiger partial charge < -0.3 is 26.0 Å². The van der Waals surface area contributed by atoms with Crippen molar-refractivity contribution in [1.82, 2.24) is 10.6 Å². The predicted molar refractivity (Wildman–Crippen MR) is 129 cm³/mol. The van der Waals surface area contributed by atoms with Crippen molar-refractivity contribution in [2.45, 2.75) is 95.4 Å². The molecule has 192 valence electrons. The van der Waals surface area contributed by atoms with Gasteiger partial charge in [-0.15, -0.1) is 0 Å². The summed E-state index contributed by atoms with van der Waals surface area (Å²) in [6.07, 6.45) is 8.52. The summed E-state index contributed by atoms with van der Waals surface area (Å²) < 4.78 is 0. The van der Waals surface area contributed by atoms with Crippen molar-refractivity contribution in [2.75, 3.05) is 5.75 Å². The zero-order chi connectivity index (χ0) is 25.5. The van der Waals surface area contributed by atoms with Gasteiger partial charge in [-0.3, -0.25) is 14.4 Å². The molecule has 2 amide bonds. The van der Waals surface area contributed by atoms with Gasteiger partial charge in [0.1, 0.15) is 11.6 Å². The van der Waals surface area contributed by atoms with Crippen LogP contribution < -0.4 is 10.6 Å². The highest BCUT2D eigenvalue weighted by Crippen LogP contribution is 2.46. The lowest BCUT2D eigenvalue weighted by atomic mass is 9.68. The molecular formula is C24H38N2O7S. The average molecular weight is 499 g/mol. The van der Waals surface area contributed by atoms with Crippen LogP contribution >= 0.6 is 11.8 Å². The molecule has 0 aromatic rings. The highest BCUT2D eigenvalue weighted by Gasteiger charge is 2.68. The van der Waals surface area contributed by atoms with Crippen LogP contribution in [0.2, 0.25) is 0 Å². The van der Waals surface area contributed by atoms with Crippen molar-refractivity contribution in [1.29, 1.82) is 0 Å². The summed E-state index contributed by atoms with van der Waals surface area (Å²) in [6, 6.07) is -1.33. The maximum Gasteiger partial charge on any atom is 0.327 e. The van der Waals surface area contributed by atoms with Crippen molar-refractivity contribution in [3.63, 3.8) is 0 Å². The fraction of sp³-hybridized carbons (Fsp3) is 0.750. The molecule has 10 heteroatoms. The smallest absolute Gasteiger partial charge is 0.327 e. The standard InChI is InChI=1S/C24H38N2O7S/c1-4-5-6-10-13-17-20(29)26-24(23(17,3)33,19(28)16-11-8-7-9-12-16)22(32)34-14-18(21(30)31)25-15(2)27/h8,11,16-19,28,33H,4-7,9-10,12-14H2,1-3H3,(H,25,27)(H,26,29)(H,30,31). The van der Waals surface area contributed by atoms with E-state index in [9.17, 15) is 34.5 Å². The van der Waals surface area contributed by atoms with Crippen LogP contribution in [0.25, 0.3) is 0 Å². The second-order valence-electron chi connectivity index (χ2n) is 9.50. The normalized spacial score (nSPS) is 30.4. The van der Waals surface area contributed by atoms with Crippen LogP contribution in [-0.4, -0.2) is 67.3 Å². The van der Waals surface area contributed by atoms with Crippen LogP contribution in [0.5, 0.6) is 0 Å². The fourth-order valence-corrected chi connectivity index (χ4v) is 6.14. The minimum Gasteiger partial charge on any atom is -0.480 e. The average Bonchev–Trinajstić information content (AvgIpc) is 2.99. The molecule has 5 N–H and O–H groups in total. The fourth-order valence-electron chi connectivity index (χ4n) is 4.99. The topological polar surface area (TPSA) is 153 Å². The molecule has 6 unspecified atom stereocenters. The molecule has 0 saturated carbocycles. The Morgan fingerprint density at radius 3 is 2.56 bits per heavy atom. The molecule has 9 nitrogen and oxygen atoms in total. The lowest BCUT2D eigenvalue weighted by molar-refractivity contribution is -0.142. The van der Waals surface area contributed by atoms with E-state index in [4.69, 9.17) is 0 Å². The third-order valence-corrected chi connectivity index (χ3v) is 8.06. The van der Waals surface area contributed by atoms with E-state index in [2.05, 4.69) is 17.6 Å². The van der Waals surface area contributed by atoms with Crippen LogP contribution in [0.3, 0.4) is 0 Å². The van der Waals surface area contributed by atoms with E-state index in [-0.39, 0.29) is 5.75 Å². The first-order chi connectivity index (χ1) is 16.0. The number of carboxylic acid groups (broad SMARTS) is 1. The molecule has 6 atom stereocenters. The molecular weight excluding hydrogens is 460 g/mol. The van der Waals surface area contributed by atoms with E-state index in [0.29, 0.717) is 31.0 Å². The van der Waals surface area contributed by atoms with E-state index < -0.39 is 58.0 Å². The summed E-state index contributed by atoms with van der Waals surface area (Å²) in [5.41, 5.74) is -3.90. The third kappa shape index (κ3) is 6.01. The summed E-state index contributed by atoms with van der Waals surface area (Å²) in [4.78, 5) is 49.6. The van der Waals surface area contributed by atoms with Gasteiger partial charge in [-0.05, 0) is 32.6 Å². The van der Waals surface area contributed by atoms with Gasteiger partial charge in [0.05, 0.1) is 12.0 Å². The van der Waals surface area contributed by atoms with Gasteiger partial charge in [0.25, 0.3) is 0 Å². The molecule has 0 aromatic carbocycles. The van der Waals surface area contributed by atoms with Gasteiger partial charge in [0.2, 0.25) is 16.9 Å². The second-order valence-corrected chi connectivity index (χ2v) is 10.5. The first kappa shape index (κ1) is 28.3. The van der Waals surface area contributed by atoms with Crippen molar-refractivity contribution < 1.29 is 34.5 Å². The number of allylic oxidation sites excluding steroid dienone is 1. The molecule has 1 heterocycles. The highest BCUT2D eigenvalue weighted by atomic mass is 32.2. The zero-order valence-corrected chi connectivity index (χ0v) is 21.0. The van der Waals surface area contributed by atoms with Gasteiger partial charge in [-0.2, -0.15) is 0 Å². The van der Waals surface area contributed by atoms with E-state index in [0.717, 1.165) is 32.1 Å². The number of carboxylic acids is 1. The Morgan fingerprint density at radius 1 is 1.29 bits per heavy atom. The van der Waals surface area contributed by atoms with Crippen LogP contribution in [0.15, 0.2) is 12.2 Å². The first-order valence-electron chi connectivity index (χ1n) is 12.0. The summed E-state index contributed by atoms with van der Waals surface area (Å²) in [7, 11) is 0. The Labute approximate surface area is 205 Å². The second kappa shape index (κ2) is 12.2. The first-order valence-corrected chi connectivity index (χ1v) is 13.0. The minimum atomic E-state index is -2.00. The van der Waals surface area contributed by atoms with Gasteiger partial charge in [-0.25, -0.2) is 4.79 Å². The Balaban J connectivity index is 2.36. The van der Waals surface area contributed by atoms with Gasteiger partial charge in [0.15, 0.2) is 5.54 Å². The van der Waals surface area contributed by atoms with Crippen LogP contribution in [0, 0.1) is 11.8 Å². The summed E-state index contributed by atoms with van der Waals surface area (Å²) >= 11 is 0.588. The number of aliphatic carboxylic acids is 1. The van der Waals surface area contributed by atoms with Gasteiger partial charge >= 0.3 is 5.97 Å². The molecule has 0 radical (unpaired) electrons. The van der Waals surface area contributed by atoms with Crippen LogP contribution in [0.4, 0.5) is 0 Å². The molecule has 1 aliphatic carbocycles. The Kier molecular flexibility index (Phi) is 10.1. The molecule has 1 aliphatic heterocycles. The van der Waals surface area contributed by atoms with Crippen molar-refractivity contribution in [3.05, 3.63) is 12.2 Å². The molecule has 34 heavy (non-hydrogen) atoms. The van der Waals surface area contributed by atoms with Crippen molar-refractivity contribution >= 4 is 34.7 Å². The highest BCUT2D eigenvalue weighted by molar-refractivity contribution is 8.13. The number of carbonyl (C=O) groups excluding carboxylic acids is 3. The number of hydrogen-bond donors (Lipinski definition) is 5. The lowest BCUT2D eigenvalue weighted by Crippen LogP contribution is -2.69. The predicted octanol–water partition coefficient (Wildman–Crippen LogP) is 1.76. The summed E-state index contributed by atoms with van der Waals surface area (Å²) in [5, 5.41) is 36.7. The molecule has 1 fully saturated rings. The minimum absolute atomic E-state index is 0.310. The summed E-state index contributed by atoms with van der Waals surface area (Å²) in [6.45, 7) is 4.65. The maximum atomic E-state index is 13.6. The largest absolute Gasteiger partial charge is 0.480 e. The zero-order valence-electron chi connectivity index (χ0n) is 20.2. The van der Waals surface area contributed by atoms with E-state index in [1.807, 2.05) is 12.2 Å². The van der Waals surface area contributed by atoms with Crippen LogP contribution in [-0.2, 0) is 19.2 Å². The van der Waals surface area contributed by atoms with Gasteiger partial charge in [-0.1, -0.05) is 56.5 Å².